The van der Waals surface area contributed by atoms with E-state index in [0.717, 1.165) is 5.92 Å². The molecule has 0 saturated heterocycles. The molecule has 0 aromatic heterocycles. The van der Waals surface area contributed by atoms with Crippen LogP contribution in [0.15, 0.2) is 24.3 Å². The maximum atomic E-state index is 5.87. The van der Waals surface area contributed by atoms with Gasteiger partial charge in [0.1, 0.15) is 0 Å². The minimum absolute atomic E-state index is 0.309. The van der Waals surface area contributed by atoms with Crippen molar-refractivity contribution >= 4 is 22.6 Å². The normalized spacial score (nSPS) is 25.9. The van der Waals surface area contributed by atoms with Crippen molar-refractivity contribution in [1.29, 1.82) is 0 Å². The minimum atomic E-state index is 0.309. The molecule has 1 aliphatic carbocycles. The summed E-state index contributed by atoms with van der Waals surface area (Å²) in [6, 6.07) is 8.91. The Bertz CT molecular complexity index is 381. The topological polar surface area (TPSA) is 38.0 Å². The van der Waals surface area contributed by atoms with Crippen molar-refractivity contribution in [1.82, 2.24) is 5.43 Å². The highest BCUT2D eigenvalue weighted by molar-refractivity contribution is 14.1. The summed E-state index contributed by atoms with van der Waals surface area (Å²) in [4.78, 5) is 0. The zero-order chi connectivity index (χ0) is 13.0. The molecule has 0 spiro atoms. The summed E-state index contributed by atoms with van der Waals surface area (Å²) in [5.74, 6) is 7.37. The van der Waals surface area contributed by atoms with Crippen LogP contribution in [0.2, 0.25) is 0 Å². The average Bonchev–Trinajstić information content (AvgIpc) is 2.42. The van der Waals surface area contributed by atoms with Gasteiger partial charge in [-0.15, -0.1) is 0 Å². The first-order valence-electron chi connectivity index (χ1n) is 6.98. The second-order valence-corrected chi connectivity index (χ2v) is 6.44. The first kappa shape index (κ1) is 14.3. The van der Waals surface area contributed by atoms with E-state index in [-0.39, 0.29) is 0 Å². The third-order valence-electron chi connectivity index (χ3n) is 4.34. The molecule has 3 atom stereocenters. The maximum Gasteiger partial charge on any atom is 0.0501 e. The third-order valence-corrected chi connectivity index (χ3v) is 5.32. The van der Waals surface area contributed by atoms with E-state index in [1.54, 1.807) is 0 Å². The van der Waals surface area contributed by atoms with Crippen LogP contribution in [0, 0.1) is 15.4 Å². The quantitative estimate of drug-likeness (QED) is 0.485. The summed E-state index contributed by atoms with van der Waals surface area (Å²) in [6.07, 6.45) is 6.67. The highest BCUT2D eigenvalue weighted by Gasteiger charge is 2.31. The number of hydrazine groups is 1. The molecule has 1 aliphatic rings. The zero-order valence-electron chi connectivity index (χ0n) is 11.0. The van der Waals surface area contributed by atoms with E-state index in [1.807, 2.05) is 0 Å². The van der Waals surface area contributed by atoms with Gasteiger partial charge in [0, 0.05) is 3.57 Å². The highest BCUT2D eigenvalue weighted by Crippen LogP contribution is 2.40. The highest BCUT2D eigenvalue weighted by atomic mass is 127. The molecule has 3 unspecified atom stereocenters. The van der Waals surface area contributed by atoms with Crippen LogP contribution in [-0.2, 0) is 0 Å². The van der Waals surface area contributed by atoms with Crippen molar-refractivity contribution in [3.8, 4) is 0 Å². The molecule has 3 N–H and O–H groups in total. The predicted molar refractivity (Wildman–Crippen MR) is 85.0 cm³/mol. The lowest BCUT2D eigenvalue weighted by atomic mass is 9.72. The summed E-state index contributed by atoms with van der Waals surface area (Å²) < 4.78 is 1.32. The number of benzene rings is 1. The Morgan fingerprint density at radius 1 is 1.33 bits per heavy atom. The number of hydrogen-bond acceptors (Lipinski definition) is 2. The van der Waals surface area contributed by atoms with Crippen LogP contribution in [0.3, 0.4) is 0 Å². The molecule has 0 bridgehead atoms. The Kier molecular flexibility index (Phi) is 5.45. The number of nitrogens with two attached hydrogens (primary N) is 1. The van der Waals surface area contributed by atoms with Gasteiger partial charge >= 0.3 is 0 Å². The van der Waals surface area contributed by atoms with Crippen molar-refractivity contribution < 1.29 is 0 Å². The van der Waals surface area contributed by atoms with Crippen LogP contribution in [0.4, 0.5) is 0 Å². The molecule has 18 heavy (non-hydrogen) atoms. The fraction of sp³-hybridized carbons (Fsp3) is 0.600. The van der Waals surface area contributed by atoms with Gasteiger partial charge in [0.05, 0.1) is 6.04 Å². The second-order valence-electron chi connectivity index (χ2n) is 5.28. The van der Waals surface area contributed by atoms with E-state index < -0.39 is 0 Å². The second kappa shape index (κ2) is 6.87. The molecule has 0 amide bonds. The van der Waals surface area contributed by atoms with Gasteiger partial charge in [0.15, 0.2) is 0 Å². The summed E-state index contributed by atoms with van der Waals surface area (Å²) in [6.45, 7) is 2.31. The predicted octanol–water partition coefficient (Wildman–Crippen LogP) is 4.01. The van der Waals surface area contributed by atoms with Gasteiger partial charge < -0.3 is 0 Å². The smallest absolute Gasteiger partial charge is 0.0501 e. The van der Waals surface area contributed by atoms with Gasteiger partial charge in [0.2, 0.25) is 0 Å². The fourth-order valence-electron chi connectivity index (χ4n) is 3.35. The van der Waals surface area contributed by atoms with Crippen molar-refractivity contribution in [3.05, 3.63) is 33.4 Å². The molecule has 3 heteroatoms. The van der Waals surface area contributed by atoms with E-state index in [1.165, 1.54) is 41.2 Å². The summed E-state index contributed by atoms with van der Waals surface area (Å²) in [7, 11) is 0. The van der Waals surface area contributed by atoms with Gasteiger partial charge in [0.25, 0.3) is 0 Å². The lowest BCUT2D eigenvalue weighted by Gasteiger charge is -2.37. The van der Waals surface area contributed by atoms with E-state index in [0.29, 0.717) is 12.0 Å². The van der Waals surface area contributed by atoms with Gasteiger partial charge in [-0.2, -0.15) is 0 Å². The largest absolute Gasteiger partial charge is 0.271 e. The SMILES string of the molecule is CCC1CCCCC1C(NN)c1ccccc1I. The molecule has 100 valence electrons. The minimum Gasteiger partial charge on any atom is -0.271 e. The van der Waals surface area contributed by atoms with Crippen molar-refractivity contribution in [2.24, 2.45) is 17.7 Å². The van der Waals surface area contributed by atoms with E-state index in [2.05, 4.69) is 59.2 Å². The van der Waals surface area contributed by atoms with E-state index in [9.17, 15) is 0 Å². The van der Waals surface area contributed by atoms with Crippen molar-refractivity contribution in [2.75, 3.05) is 0 Å². The molecule has 0 heterocycles. The Labute approximate surface area is 124 Å². The van der Waals surface area contributed by atoms with Gasteiger partial charge in [-0.3, -0.25) is 11.3 Å². The Balaban J connectivity index is 2.24. The summed E-state index contributed by atoms with van der Waals surface area (Å²) >= 11 is 2.42. The van der Waals surface area contributed by atoms with Crippen LogP contribution >= 0.6 is 22.6 Å². The van der Waals surface area contributed by atoms with Crippen molar-refractivity contribution in [3.63, 3.8) is 0 Å². The lowest BCUT2D eigenvalue weighted by Crippen LogP contribution is -2.38. The van der Waals surface area contributed by atoms with Gasteiger partial charge in [-0.1, -0.05) is 50.8 Å². The molecule has 0 aliphatic heterocycles. The molecular formula is C15H23IN2. The number of hydrogen-bond donors (Lipinski definition) is 2. The molecule has 0 radical (unpaired) electrons. The Morgan fingerprint density at radius 3 is 2.72 bits per heavy atom. The number of nitrogens with one attached hydrogen (secondary N) is 1. The molecular weight excluding hydrogens is 335 g/mol. The monoisotopic (exact) mass is 358 g/mol. The number of rotatable bonds is 4. The first-order valence-corrected chi connectivity index (χ1v) is 8.06. The Hall–Kier alpha value is -0.130. The van der Waals surface area contributed by atoms with Gasteiger partial charge in [-0.25, -0.2) is 0 Å². The third kappa shape index (κ3) is 3.06. The summed E-state index contributed by atoms with van der Waals surface area (Å²) in [5, 5.41) is 0. The van der Waals surface area contributed by atoms with Crippen molar-refractivity contribution in [2.45, 2.75) is 45.1 Å². The number of halogens is 1. The van der Waals surface area contributed by atoms with Crippen LogP contribution in [0.1, 0.15) is 50.6 Å². The lowest BCUT2D eigenvalue weighted by molar-refractivity contribution is 0.175. The first-order chi connectivity index (χ1) is 8.77. The van der Waals surface area contributed by atoms with Crippen LogP contribution in [-0.4, -0.2) is 0 Å². The molecule has 1 aromatic carbocycles. The van der Waals surface area contributed by atoms with Crippen LogP contribution in [0.5, 0.6) is 0 Å². The molecule has 2 nitrogen and oxygen atoms in total. The molecule has 1 fully saturated rings. The van der Waals surface area contributed by atoms with Crippen LogP contribution in [0.25, 0.3) is 0 Å². The average molecular weight is 358 g/mol. The standard InChI is InChI=1S/C15H23IN2/c1-2-11-7-3-4-8-12(11)15(18-17)13-9-5-6-10-14(13)16/h5-6,9-12,15,18H,2-4,7-8,17H2,1H3. The molecule has 2 rings (SSSR count). The van der Waals surface area contributed by atoms with E-state index >= 15 is 0 Å². The zero-order valence-corrected chi connectivity index (χ0v) is 13.2. The van der Waals surface area contributed by atoms with Gasteiger partial charge in [-0.05, 0) is 52.5 Å². The summed E-state index contributed by atoms with van der Waals surface area (Å²) in [5.41, 5.74) is 4.46. The maximum absolute atomic E-state index is 5.87. The Morgan fingerprint density at radius 2 is 2.06 bits per heavy atom. The fourth-order valence-corrected chi connectivity index (χ4v) is 4.08. The molecule has 1 aromatic rings. The molecule has 1 saturated carbocycles. The van der Waals surface area contributed by atoms with E-state index in [4.69, 9.17) is 5.84 Å². The van der Waals surface area contributed by atoms with Crippen LogP contribution < -0.4 is 11.3 Å².